The zero-order valence-electron chi connectivity index (χ0n) is 14.0. The van der Waals surface area contributed by atoms with E-state index in [4.69, 9.17) is 0 Å². The van der Waals surface area contributed by atoms with Gasteiger partial charge in [-0.3, -0.25) is 4.79 Å². The molecule has 0 aliphatic carbocycles. The third-order valence-electron chi connectivity index (χ3n) is 4.89. The maximum absolute atomic E-state index is 12.7. The van der Waals surface area contributed by atoms with Crippen molar-refractivity contribution >= 4 is 34.6 Å². The summed E-state index contributed by atoms with van der Waals surface area (Å²) in [6.45, 7) is 1.57. The van der Waals surface area contributed by atoms with Gasteiger partial charge in [-0.1, -0.05) is 6.07 Å². The first-order chi connectivity index (χ1) is 12.2. The molecule has 130 valence electrons. The average molecular weight is 355 g/mol. The summed E-state index contributed by atoms with van der Waals surface area (Å²) in [5, 5.41) is 5.05. The monoisotopic (exact) mass is 355 g/mol. The fraction of sp³-hybridized carbons (Fsp3) is 0.368. The number of anilines is 2. The Balaban J connectivity index is 1.43. The maximum atomic E-state index is 12.7. The Morgan fingerprint density at radius 2 is 1.96 bits per heavy atom. The largest absolute Gasteiger partial charge is 0.322 e. The molecule has 5 nitrogen and oxygen atoms in total. The molecule has 3 amide bonds. The highest BCUT2D eigenvalue weighted by molar-refractivity contribution is 7.10. The molecule has 2 aliphatic rings. The normalized spacial score (nSPS) is 20.3. The van der Waals surface area contributed by atoms with Gasteiger partial charge in [-0.2, -0.15) is 0 Å². The van der Waals surface area contributed by atoms with Crippen molar-refractivity contribution in [2.45, 2.75) is 31.7 Å². The van der Waals surface area contributed by atoms with Crippen LogP contribution in [0.5, 0.6) is 0 Å². The Labute approximate surface area is 151 Å². The van der Waals surface area contributed by atoms with Crippen molar-refractivity contribution in [3.63, 3.8) is 0 Å². The van der Waals surface area contributed by atoms with E-state index in [1.807, 2.05) is 35.2 Å². The summed E-state index contributed by atoms with van der Waals surface area (Å²) in [5.74, 6) is 0.174. The number of benzene rings is 1. The maximum Gasteiger partial charge on any atom is 0.322 e. The fourth-order valence-corrected chi connectivity index (χ4v) is 4.50. The minimum Gasteiger partial charge on any atom is -0.317 e. The molecule has 2 fully saturated rings. The number of thiophene rings is 1. The molecule has 6 heteroatoms. The molecule has 0 radical (unpaired) electrons. The van der Waals surface area contributed by atoms with Crippen LogP contribution in [0.3, 0.4) is 0 Å². The van der Waals surface area contributed by atoms with Crippen molar-refractivity contribution < 1.29 is 9.59 Å². The van der Waals surface area contributed by atoms with E-state index in [2.05, 4.69) is 16.8 Å². The second-order valence-corrected chi connectivity index (χ2v) is 7.47. The van der Waals surface area contributed by atoms with E-state index in [0.717, 1.165) is 43.7 Å². The van der Waals surface area contributed by atoms with Crippen molar-refractivity contribution in [2.75, 3.05) is 23.3 Å². The summed E-state index contributed by atoms with van der Waals surface area (Å²) in [6, 6.07) is 11.8. The van der Waals surface area contributed by atoms with Crippen LogP contribution in [-0.4, -0.2) is 29.9 Å². The van der Waals surface area contributed by atoms with Gasteiger partial charge in [0.25, 0.3) is 0 Å². The van der Waals surface area contributed by atoms with Gasteiger partial charge in [0.2, 0.25) is 5.91 Å². The predicted molar refractivity (Wildman–Crippen MR) is 100 cm³/mol. The van der Waals surface area contributed by atoms with Crippen molar-refractivity contribution in [1.82, 2.24) is 4.90 Å². The standard InChI is InChI=1S/C19H21N3O2S/c23-18-6-2-11-21(18)15-9-7-14(8-10-15)20-19(24)22-12-1-4-16(22)17-5-3-13-25-17/h3,5,7-10,13,16H,1-2,4,6,11-12H2,(H,20,24)/t16-/m1/s1. The van der Waals surface area contributed by atoms with Crippen LogP contribution in [0.25, 0.3) is 0 Å². The van der Waals surface area contributed by atoms with E-state index in [-0.39, 0.29) is 18.0 Å². The van der Waals surface area contributed by atoms with Gasteiger partial charge in [-0.15, -0.1) is 11.3 Å². The molecule has 1 aromatic carbocycles. The second kappa shape index (κ2) is 6.88. The SMILES string of the molecule is O=C1CCCN1c1ccc(NC(=O)N2CCC[C@@H]2c2cccs2)cc1. The highest BCUT2D eigenvalue weighted by Crippen LogP contribution is 2.35. The Hall–Kier alpha value is -2.34. The lowest BCUT2D eigenvalue weighted by atomic mass is 10.2. The van der Waals surface area contributed by atoms with Gasteiger partial charge < -0.3 is 15.1 Å². The molecule has 0 saturated carbocycles. The van der Waals surface area contributed by atoms with E-state index in [9.17, 15) is 9.59 Å². The number of nitrogens with one attached hydrogen (secondary N) is 1. The summed E-state index contributed by atoms with van der Waals surface area (Å²) in [4.78, 5) is 29.4. The molecule has 4 rings (SSSR count). The van der Waals surface area contributed by atoms with Crippen molar-refractivity contribution in [3.05, 3.63) is 46.7 Å². The number of hydrogen-bond acceptors (Lipinski definition) is 3. The summed E-state index contributed by atoms with van der Waals surface area (Å²) in [5.41, 5.74) is 1.66. The Kier molecular flexibility index (Phi) is 4.44. The molecule has 25 heavy (non-hydrogen) atoms. The molecular weight excluding hydrogens is 334 g/mol. The topological polar surface area (TPSA) is 52.7 Å². The smallest absolute Gasteiger partial charge is 0.317 e. The number of amides is 3. The van der Waals surface area contributed by atoms with E-state index in [1.54, 1.807) is 16.2 Å². The number of rotatable bonds is 3. The van der Waals surface area contributed by atoms with Crippen LogP contribution in [-0.2, 0) is 4.79 Å². The average Bonchev–Trinajstić information content (AvgIpc) is 3.36. The van der Waals surface area contributed by atoms with E-state index in [0.29, 0.717) is 6.42 Å². The highest BCUT2D eigenvalue weighted by atomic mass is 32.1. The molecule has 1 aromatic heterocycles. The van der Waals surface area contributed by atoms with Crippen molar-refractivity contribution in [1.29, 1.82) is 0 Å². The second-order valence-electron chi connectivity index (χ2n) is 6.49. The number of likely N-dealkylation sites (tertiary alicyclic amines) is 1. The Morgan fingerprint density at radius 3 is 2.64 bits per heavy atom. The lowest BCUT2D eigenvalue weighted by Gasteiger charge is -2.24. The molecule has 0 unspecified atom stereocenters. The minimum absolute atomic E-state index is 0.0547. The Morgan fingerprint density at radius 1 is 1.12 bits per heavy atom. The van der Waals surface area contributed by atoms with E-state index < -0.39 is 0 Å². The third kappa shape index (κ3) is 3.26. The van der Waals surface area contributed by atoms with Crippen LogP contribution in [0.4, 0.5) is 16.2 Å². The zero-order chi connectivity index (χ0) is 17.2. The molecule has 1 atom stereocenters. The molecule has 0 spiro atoms. The first kappa shape index (κ1) is 16.1. The van der Waals surface area contributed by atoms with Gasteiger partial charge in [0.1, 0.15) is 0 Å². The van der Waals surface area contributed by atoms with Crippen molar-refractivity contribution in [2.24, 2.45) is 0 Å². The van der Waals surface area contributed by atoms with Crippen LogP contribution in [0.15, 0.2) is 41.8 Å². The zero-order valence-corrected chi connectivity index (χ0v) is 14.8. The number of hydrogen-bond donors (Lipinski definition) is 1. The molecule has 2 saturated heterocycles. The van der Waals surface area contributed by atoms with Crippen LogP contribution < -0.4 is 10.2 Å². The highest BCUT2D eigenvalue weighted by Gasteiger charge is 2.30. The summed E-state index contributed by atoms with van der Waals surface area (Å²) in [7, 11) is 0. The third-order valence-corrected chi connectivity index (χ3v) is 5.86. The first-order valence-corrected chi connectivity index (χ1v) is 9.62. The van der Waals surface area contributed by atoms with Gasteiger partial charge in [0.05, 0.1) is 6.04 Å². The molecule has 1 N–H and O–H groups in total. The van der Waals surface area contributed by atoms with Crippen LogP contribution in [0.2, 0.25) is 0 Å². The van der Waals surface area contributed by atoms with Crippen molar-refractivity contribution in [3.8, 4) is 0 Å². The lowest BCUT2D eigenvalue weighted by Crippen LogP contribution is -2.34. The van der Waals surface area contributed by atoms with Gasteiger partial charge in [0.15, 0.2) is 0 Å². The molecule has 3 heterocycles. The van der Waals surface area contributed by atoms with Crippen LogP contribution in [0.1, 0.15) is 36.6 Å². The Bertz CT molecular complexity index is 757. The van der Waals surface area contributed by atoms with Gasteiger partial charge in [-0.25, -0.2) is 4.79 Å². The van der Waals surface area contributed by atoms with Gasteiger partial charge >= 0.3 is 6.03 Å². The fourth-order valence-electron chi connectivity index (χ4n) is 3.63. The molecule has 2 aliphatic heterocycles. The van der Waals surface area contributed by atoms with Gasteiger partial charge in [-0.05, 0) is 55.0 Å². The number of urea groups is 1. The molecular formula is C19H21N3O2S. The lowest BCUT2D eigenvalue weighted by molar-refractivity contribution is -0.117. The van der Waals surface area contributed by atoms with Crippen LogP contribution in [0, 0.1) is 0 Å². The van der Waals surface area contributed by atoms with E-state index in [1.165, 1.54) is 4.88 Å². The number of carbonyl (C=O) groups is 2. The number of nitrogens with zero attached hydrogens (tertiary/aromatic N) is 2. The predicted octanol–water partition coefficient (Wildman–Crippen LogP) is 4.24. The van der Waals surface area contributed by atoms with Crippen LogP contribution >= 0.6 is 11.3 Å². The molecule has 2 aromatic rings. The summed E-state index contributed by atoms with van der Waals surface area (Å²) in [6.07, 6.45) is 3.59. The number of carbonyl (C=O) groups excluding carboxylic acids is 2. The quantitative estimate of drug-likeness (QED) is 0.895. The molecule has 0 bridgehead atoms. The van der Waals surface area contributed by atoms with E-state index >= 15 is 0 Å². The van der Waals surface area contributed by atoms with Gasteiger partial charge in [0, 0.05) is 35.8 Å². The first-order valence-electron chi connectivity index (χ1n) is 8.74. The minimum atomic E-state index is -0.0547. The summed E-state index contributed by atoms with van der Waals surface area (Å²) >= 11 is 1.70. The summed E-state index contributed by atoms with van der Waals surface area (Å²) < 4.78 is 0.